The Morgan fingerprint density at radius 1 is 1.00 bits per heavy atom. The van der Waals surface area contributed by atoms with E-state index in [1.165, 1.54) is 5.01 Å². The van der Waals surface area contributed by atoms with Crippen LogP contribution in [-0.4, -0.2) is 22.7 Å². The van der Waals surface area contributed by atoms with Gasteiger partial charge in [-0.25, -0.2) is 4.79 Å². The number of carboxylic acid groups (broad SMARTS) is 1. The minimum atomic E-state index is -0.952. The molecule has 1 amide bonds. The molecule has 0 radical (unpaired) electrons. The van der Waals surface area contributed by atoms with Gasteiger partial charge in [0.25, 0.3) is 5.91 Å². The molecule has 0 aromatic heterocycles. The van der Waals surface area contributed by atoms with E-state index in [1.807, 2.05) is 60.7 Å². The summed E-state index contributed by atoms with van der Waals surface area (Å²) in [4.78, 5) is 24.0. The van der Waals surface area contributed by atoms with Gasteiger partial charge in [-0.2, -0.15) is 10.1 Å². The van der Waals surface area contributed by atoms with Gasteiger partial charge in [0.2, 0.25) is 0 Å². The minimum absolute atomic E-state index is 0.130. The standard InChI is InChI=1S/C27H24N2O4/c1-2-6-25-24(26(30)29(28-25)22-7-4-3-5-8-22)17-19-11-15-23(16-12-19)33-18-20-9-13-21(14-10-20)27(31)32/h3-5,7-17H,2,6,18H2,1H3,(H,31,32)/b24-17-. The third-order valence-electron chi connectivity index (χ3n) is 5.24. The maximum Gasteiger partial charge on any atom is 0.335 e. The average Bonchev–Trinajstić information content (AvgIpc) is 3.14. The Bertz CT molecular complexity index is 1200. The van der Waals surface area contributed by atoms with Gasteiger partial charge in [-0.1, -0.05) is 55.8 Å². The van der Waals surface area contributed by atoms with E-state index in [-0.39, 0.29) is 11.5 Å². The molecule has 0 aliphatic carbocycles. The Labute approximate surface area is 192 Å². The lowest BCUT2D eigenvalue weighted by Gasteiger charge is -2.11. The molecule has 0 bridgehead atoms. The summed E-state index contributed by atoms with van der Waals surface area (Å²) in [6.45, 7) is 2.40. The molecule has 6 nitrogen and oxygen atoms in total. The van der Waals surface area contributed by atoms with Gasteiger partial charge in [0.15, 0.2) is 0 Å². The van der Waals surface area contributed by atoms with Gasteiger partial charge < -0.3 is 9.84 Å². The predicted molar refractivity (Wildman–Crippen MR) is 128 cm³/mol. The number of rotatable bonds is 8. The molecule has 166 valence electrons. The molecule has 33 heavy (non-hydrogen) atoms. The summed E-state index contributed by atoms with van der Waals surface area (Å²) in [5.41, 5.74) is 4.15. The summed E-state index contributed by atoms with van der Waals surface area (Å²) in [6.07, 6.45) is 3.49. The number of aromatic carboxylic acids is 1. The van der Waals surface area contributed by atoms with Crippen molar-refractivity contribution in [2.75, 3.05) is 5.01 Å². The number of benzene rings is 3. The van der Waals surface area contributed by atoms with Gasteiger partial charge in [-0.3, -0.25) is 4.79 Å². The Balaban J connectivity index is 1.46. The molecule has 1 aliphatic rings. The number of para-hydroxylation sites is 1. The number of anilines is 1. The van der Waals surface area contributed by atoms with Crippen molar-refractivity contribution in [1.29, 1.82) is 0 Å². The van der Waals surface area contributed by atoms with Crippen LogP contribution in [0.4, 0.5) is 5.69 Å². The molecule has 0 spiro atoms. The second kappa shape index (κ2) is 9.96. The highest BCUT2D eigenvalue weighted by Crippen LogP contribution is 2.27. The lowest BCUT2D eigenvalue weighted by atomic mass is 10.0. The first-order valence-electron chi connectivity index (χ1n) is 10.8. The summed E-state index contributed by atoms with van der Waals surface area (Å²) in [6, 6.07) is 23.5. The van der Waals surface area contributed by atoms with E-state index in [2.05, 4.69) is 12.0 Å². The maximum atomic E-state index is 13.1. The van der Waals surface area contributed by atoms with E-state index in [0.717, 1.165) is 35.4 Å². The Kier molecular flexibility index (Phi) is 6.64. The summed E-state index contributed by atoms with van der Waals surface area (Å²) in [5.74, 6) is -0.396. The third-order valence-corrected chi connectivity index (χ3v) is 5.24. The highest BCUT2D eigenvalue weighted by Gasteiger charge is 2.30. The van der Waals surface area contributed by atoms with Crippen molar-refractivity contribution >= 4 is 29.4 Å². The van der Waals surface area contributed by atoms with Crippen molar-refractivity contribution in [2.45, 2.75) is 26.4 Å². The van der Waals surface area contributed by atoms with Crippen molar-refractivity contribution < 1.29 is 19.4 Å². The molecule has 1 aliphatic heterocycles. The quantitative estimate of drug-likeness (QED) is 0.466. The number of nitrogens with zero attached hydrogens (tertiary/aromatic N) is 2. The monoisotopic (exact) mass is 440 g/mol. The van der Waals surface area contributed by atoms with E-state index >= 15 is 0 Å². The normalized spacial score (nSPS) is 14.5. The van der Waals surface area contributed by atoms with Crippen LogP contribution in [0.2, 0.25) is 0 Å². The summed E-state index contributed by atoms with van der Waals surface area (Å²) >= 11 is 0. The van der Waals surface area contributed by atoms with Crippen LogP contribution in [0.1, 0.15) is 41.3 Å². The van der Waals surface area contributed by atoms with E-state index < -0.39 is 5.97 Å². The maximum absolute atomic E-state index is 13.1. The fourth-order valence-electron chi connectivity index (χ4n) is 3.51. The first kappa shape index (κ1) is 22.0. The molecule has 0 atom stereocenters. The fourth-order valence-corrected chi connectivity index (χ4v) is 3.51. The highest BCUT2D eigenvalue weighted by atomic mass is 16.5. The number of ether oxygens (including phenoxy) is 1. The van der Waals surface area contributed by atoms with Crippen LogP contribution in [0.15, 0.2) is 89.5 Å². The Morgan fingerprint density at radius 3 is 2.33 bits per heavy atom. The van der Waals surface area contributed by atoms with Crippen LogP contribution in [0.5, 0.6) is 5.75 Å². The lowest BCUT2D eigenvalue weighted by Crippen LogP contribution is -2.21. The van der Waals surface area contributed by atoms with Crippen molar-refractivity contribution in [3.63, 3.8) is 0 Å². The zero-order chi connectivity index (χ0) is 23.2. The second-order valence-electron chi connectivity index (χ2n) is 7.67. The Hall–Kier alpha value is -4.19. The molecular formula is C27H24N2O4. The van der Waals surface area contributed by atoms with Crippen LogP contribution in [0.25, 0.3) is 6.08 Å². The summed E-state index contributed by atoms with van der Waals surface area (Å²) in [5, 5.41) is 15.0. The molecule has 0 saturated heterocycles. The van der Waals surface area contributed by atoms with E-state index in [0.29, 0.717) is 17.9 Å². The number of hydrazone groups is 1. The topological polar surface area (TPSA) is 79.2 Å². The molecule has 0 saturated carbocycles. The van der Waals surface area contributed by atoms with Crippen molar-refractivity contribution in [3.05, 3.63) is 101 Å². The van der Waals surface area contributed by atoms with Crippen molar-refractivity contribution in [3.8, 4) is 5.75 Å². The fraction of sp³-hybridized carbons (Fsp3) is 0.148. The summed E-state index contributed by atoms with van der Waals surface area (Å²) in [7, 11) is 0. The molecule has 3 aromatic carbocycles. The molecule has 3 aromatic rings. The zero-order valence-electron chi connectivity index (χ0n) is 18.3. The third kappa shape index (κ3) is 5.18. The SMILES string of the molecule is CCCC1=NN(c2ccccc2)C(=O)/C1=C\c1ccc(OCc2ccc(C(=O)O)cc2)cc1. The first-order chi connectivity index (χ1) is 16.0. The lowest BCUT2D eigenvalue weighted by molar-refractivity contribution is -0.114. The van der Waals surface area contributed by atoms with E-state index in [9.17, 15) is 9.59 Å². The number of carbonyl (C=O) groups is 2. The Morgan fingerprint density at radius 2 is 1.70 bits per heavy atom. The van der Waals surface area contributed by atoms with Crippen LogP contribution in [0.3, 0.4) is 0 Å². The number of carbonyl (C=O) groups excluding carboxylic acids is 1. The summed E-state index contributed by atoms with van der Waals surface area (Å²) < 4.78 is 5.81. The average molecular weight is 440 g/mol. The van der Waals surface area contributed by atoms with E-state index in [4.69, 9.17) is 9.84 Å². The van der Waals surface area contributed by atoms with Crippen molar-refractivity contribution in [2.24, 2.45) is 5.10 Å². The van der Waals surface area contributed by atoms with Crippen LogP contribution in [-0.2, 0) is 11.4 Å². The molecule has 0 unspecified atom stereocenters. The second-order valence-corrected chi connectivity index (χ2v) is 7.67. The molecular weight excluding hydrogens is 416 g/mol. The van der Waals surface area contributed by atoms with Crippen LogP contribution < -0.4 is 9.75 Å². The highest BCUT2D eigenvalue weighted by molar-refractivity contribution is 6.32. The minimum Gasteiger partial charge on any atom is -0.489 e. The molecule has 6 heteroatoms. The zero-order valence-corrected chi connectivity index (χ0v) is 18.3. The first-order valence-corrected chi connectivity index (χ1v) is 10.8. The van der Waals surface area contributed by atoms with Gasteiger partial charge in [-0.15, -0.1) is 0 Å². The molecule has 0 fully saturated rings. The number of hydrogen-bond acceptors (Lipinski definition) is 4. The largest absolute Gasteiger partial charge is 0.489 e. The van der Waals surface area contributed by atoms with Crippen LogP contribution >= 0.6 is 0 Å². The van der Waals surface area contributed by atoms with Gasteiger partial charge >= 0.3 is 5.97 Å². The van der Waals surface area contributed by atoms with Crippen molar-refractivity contribution in [1.82, 2.24) is 0 Å². The van der Waals surface area contributed by atoms with E-state index in [1.54, 1.807) is 24.3 Å². The van der Waals surface area contributed by atoms with Gasteiger partial charge in [0.1, 0.15) is 12.4 Å². The number of carboxylic acids is 1. The van der Waals surface area contributed by atoms with Gasteiger partial charge in [0.05, 0.1) is 22.5 Å². The van der Waals surface area contributed by atoms with Gasteiger partial charge in [-0.05, 0) is 60.0 Å². The van der Waals surface area contributed by atoms with Crippen LogP contribution in [0, 0.1) is 0 Å². The molecule has 4 rings (SSSR count). The number of hydrogen-bond donors (Lipinski definition) is 1. The molecule has 1 heterocycles. The van der Waals surface area contributed by atoms with Gasteiger partial charge in [0, 0.05) is 0 Å². The predicted octanol–water partition coefficient (Wildman–Crippen LogP) is 5.55. The number of amides is 1. The molecule has 1 N–H and O–H groups in total. The smallest absolute Gasteiger partial charge is 0.335 e.